The van der Waals surface area contributed by atoms with Crippen molar-refractivity contribution in [3.63, 3.8) is 0 Å². The average Bonchev–Trinajstić information content (AvgIpc) is 3.12. The largest absolute Gasteiger partial charge is 0.440 e. The van der Waals surface area contributed by atoms with Crippen molar-refractivity contribution in [1.82, 2.24) is 9.88 Å². The van der Waals surface area contributed by atoms with Crippen molar-refractivity contribution in [1.29, 1.82) is 0 Å². The molecule has 0 radical (unpaired) electrons. The molecule has 0 saturated carbocycles. The molecule has 5 nitrogen and oxygen atoms in total. The zero-order chi connectivity index (χ0) is 18.1. The Balaban J connectivity index is 1.44. The molecule has 0 aliphatic carbocycles. The van der Waals surface area contributed by atoms with Gasteiger partial charge in [0, 0.05) is 44.4 Å². The van der Waals surface area contributed by atoms with Gasteiger partial charge in [-0.25, -0.2) is 4.98 Å². The summed E-state index contributed by atoms with van der Waals surface area (Å²) >= 11 is 0. The zero-order valence-electron chi connectivity index (χ0n) is 15.2. The Bertz CT molecular complexity index is 891. The van der Waals surface area contributed by atoms with Crippen molar-refractivity contribution in [2.24, 2.45) is 0 Å². The van der Waals surface area contributed by atoms with Gasteiger partial charge in [0.15, 0.2) is 11.5 Å². The first-order valence-corrected chi connectivity index (χ1v) is 9.04. The molecule has 26 heavy (non-hydrogen) atoms. The van der Waals surface area contributed by atoms with E-state index in [9.17, 15) is 4.79 Å². The van der Waals surface area contributed by atoms with Crippen molar-refractivity contribution in [2.75, 3.05) is 32.1 Å². The molecule has 0 spiro atoms. The van der Waals surface area contributed by atoms with Crippen LogP contribution in [0.25, 0.3) is 11.1 Å². The molecule has 1 aliphatic rings. The molecule has 134 valence electrons. The molecule has 1 saturated heterocycles. The highest BCUT2D eigenvalue weighted by Gasteiger charge is 2.27. The first-order chi connectivity index (χ1) is 12.6. The van der Waals surface area contributed by atoms with Crippen LogP contribution in [0.3, 0.4) is 0 Å². The van der Waals surface area contributed by atoms with Crippen molar-refractivity contribution in [3.05, 3.63) is 60.0 Å². The highest BCUT2D eigenvalue weighted by atomic mass is 16.3. The third-order valence-corrected chi connectivity index (χ3v) is 5.05. The van der Waals surface area contributed by atoms with Gasteiger partial charge in [0.05, 0.1) is 0 Å². The van der Waals surface area contributed by atoms with Crippen molar-refractivity contribution >= 4 is 22.7 Å². The smallest absolute Gasteiger partial charge is 0.253 e. The van der Waals surface area contributed by atoms with Gasteiger partial charge >= 0.3 is 0 Å². The number of oxazole rings is 1. The Kier molecular flexibility index (Phi) is 4.37. The predicted octanol–water partition coefficient (Wildman–Crippen LogP) is 3.91. The number of amides is 1. The van der Waals surface area contributed by atoms with Crippen LogP contribution in [0.4, 0.5) is 5.69 Å². The van der Waals surface area contributed by atoms with E-state index in [4.69, 9.17) is 4.42 Å². The quantitative estimate of drug-likeness (QED) is 0.719. The average molecular weight is 349 g/mol. The minimum atomic E-state index is 0.102. The highest BCUT2D eigenvalue weighted by Crippen LogP contribution is 2.30. The van der Waals surface area contributed by atoms with Crippen molar-refractivity contribution in [2.45, 2.75) is 18.8 Å². The van der Waals surface area contributed by atoms with E-state index in [0.29, 0.717) is 0 Å². The van der Waals surface area contributed by atoms with Gasteiger partial charge in [0.25, 0.3) is 5.91 Å². The number of carbonyl (C=O) groups is 1. The molecule has 1 amide bonds. The topological polar surface area (TPSA) is 49.6 Å². The van der Waals surface area contributed by atoms with Crippen LogP contribution in [0.15, 0.2) is 52.9 Å². The van der Waals surface area contributed by atoms with Gasteiger partial charge < -0.3 is 14.2 Å². The molecule has 2 heterocycles. The van der Waals surface area contributed by atoms with E-state index in [1.54, 1.807) is 0 Å². The van der Waals surface area contributed by atoms with Gasteiger partial charge in [-0.05, 0) is 43.2 Å². The van der Waals surface area contributed by atoms with Gasteiger partial charge in [-0.1, -0.05) is 18.2 Å². The van der Waals surface area contributed by atoms with Gasteiger partial charge in [-0.2, -0.15) is 0 Å². The maximum atomic E-state index is 12.8. The molecule has 5 heteroatoms. The molecule has 1 aromatic heterocycles. The lowest BCUT2D eigenvalue weighted by Gasteiger charge is -2.31. The van der Waals surface area contributed by atoms with E-state index in [1.807, 2.05) is 72.4 Å². The number of hydrogen-bond acceptors (Lipinski definition) is 4. The predicted molar refractivity (Wildman–Crippen MR) is 103 cm³/mol. The maximum absolute atomic E-state index is 12.8. The zero-order valence-corrected chi connectivity index (χ0v) is 15.2. The van der Waals surface area contributed by atoms with Crippen LogP contribution in [-0.2, 0) is 0 Å². The molecule has 1 fully saturated rings. The third-order valence-electron chi connectivity index (χ3n) is 5.05. The fourth-order valence-corrected chi connectivity index (χ4v) is 3.49. The first kappa shape index (κ1) is 16.6. The minimum Gasteiger partial charge on any atom is -0.440 e. The van der Waals surface area contributed by atoms with E-state index in [2.05, 4.69) is 4.98 Å². The second-order valence-corrected chi connectivity index (χ2v) is 7.03. The number of fused-ring (bicyclic) bond motifs is 1. The van der Waals surface area contributed by atoms with Gasteiger partial charge in [0.1, 0.15) is 5.52 Å². The summed E-state index contributed by atoms with van der Waals surface area (Å²) in [7, 11) is 3.96. The number of hydrogen-bond donors (Lipinski definition) is 0. The molecule has 2 aromatic carbocycles. The summed E-state index contributed by atoms with van der Waals surface area (Å²) < 4.78 is 5.91. The van der Waals surface area contributed by atoms with Crippen LogP contribution in [-0.4, -0.2) is 43.0 Å². The second-order valence-electron chi connectivity index (χ2n) is 7.03. The van der Waals surface area contributed by atoms with Gasteiger partial charge in [-0.15, -0.1) is 0 Å². The summed E-state index contributed by atoms with van der Waals surface area (Å²) in [5.74, 6) is 1.18. The van der Waals surface area contributed by atoms with E-state index < -0.39 is 0 Å². The van der Waals surface area contributed by atoms with Crippen LogP contribution < -0.4 is 4.90 Å². The van der Waals surface area contributed by atoms with Crippen molar-refractivity contribution < 1.29 is 9.21 Å². The number of likely N-dealkylation sites (tertiary alicyclic amines) is 1. The molecule has 4 rings (SSSR count). The van der Waals surface area contributed by atoms with Crippen molar-refractivity contribution in [3.8, 4) is 0 Å². The number of piperidine rings is 1. The molecule has 0 bridgehead atoms. The van der Waals surface area contributed by atoms with E-state index in [1.165, 1.54) is 0 Å². The van der Waals surface area contributed by atoms with Gasteiger partial charge in [0.2, 0.25) is 0 Å². The lowest BCUT2D eigenvalue weighted by atomic mass is 9.96. The number of rotatable bonds is 3. The summed E-state index contributed by atoms with van der Waals surface area (Å²) in [6.07, 6.45) is 1.76. The number of nitrogens with zero attached hydrogens (tertiary/aromatic N) is 3. The lowest BCUT2D eigenvalue weighted by Crippen LogP contribution is -2.38. The summed E-state index contributed by atoms with van der Waals surface area (Å²) in [6, 6.07) is 15.6. The normalized spacial score (nSPS) is 15.4. The Labute approximate surface area is 153 Å². The Hall–Kier alpha value is -2.82. The first-order valence-electron chi connectivity index (χ1n) is 9.04. The number of para-hydroxylation sites is 2. The third kappa shape index (κ3) is 3.17. The molecule has 0 unspecified atom stereocenters. The summed E-state index contributed by atoms with van der Waals surface area (Å²) in [4.78, 5) is 21.4. The summed E-state index contributed by atoms with van der Waals surface area (Å²) in [6.45, 7) is 1.46. The highest BCUT2D eigenvalue weighted by molar-refractivity contribution is 5.95. The summed E-state index contributed by atoms with van der Waals surface area (Å²) in [5.41, 5.74) is 3.52. The molecular formula is C21H23N3O2. The van der Waals surface area contributed by atoms with Crippen LogP contribution in [0.2, 0.25) is 0 Å². The molecule has 3 aromatic rings. The van der Waals surface area contributed by atoms with Crippen LogP contribution in [0.1, 0.15) is 35.0 Å². The van der Waals surface area contributed by atoms with Gasteiger partial charge in [-0.3, -0.25) is 4.79 Å². The maximum Gasteiger partial charge on any atom is 0.253 e. The number of aromatic nitrogens is 1. The minimum absolute atomic E-state index is 0.102. The van der Waals surface area contributed by atoms with E-state index >= 15 is 0 Å². The molecule has 0 atom stereocenters. The van der Waals surface area contributed by atoms with Crippen LogP contribution in [0, 0.1) is 0 Å². The van der Waals surface area contributed by atoms with Crippen LogP contribution >= 0.6 is 0 Å². The van der Waals surface area contributed by atoms with Crippen LogP contribution in [0.5, 0.6) is 0 Å². The lowest BCUT2D eigenvalue weighted by molar-refractivity contribution is 0.0707. The molecule has 0 N–H and O–H groups in total. The second kappa shape index (κ2) is 6.83. The summed E-state index contributed by atoms with van der Waals surface area (Å²) in [5, 5.41) is 0. The fourth-order valence-electron chi connectivity index (χ4n) is 3.49. The Morgan fingerprint density at radius 1 is 1.12 bits per heavy atom. The SMILES string of the molecule is CN(C)c1cccc(C(=O)N2CCC(c3nc4ccccc4o3)CC2)c1. The number of carbonyl (C=O) groups excluding carboxylic acids is 1. The monoisotopic (exact) mass is 349 g/mol. The van der Waals surface area contributed by atoms with E-state index in [0.717, 1.165) is 54.2 Å². The standard InChI is InChI=1S/C21H23N3O2/c1-23(2)17-7-5-6-16(14-17)21(25)24-12-10-15(11-13-24)20-22-18-8-3-4-9-19(18)26-20/h3-9,14-15H,10-13H2,1-2H3. The molecule has 1 aliphatic heterocycles. The Morgan fingerprint density at radius 3 is 2.62 bits per heavy atom. The molecular weight excluding hydrogens is 326 g/mol. The number of benzene rings is 2. The number of anilines is 1. The Morgan fingerprint density at radius 2 is 1.88 bits per heavy atom. The fraction of sp³-hybridized carbons (Fsp3) is 0.333. The van der Waals surface area contributed by atoms with E-state index in [-0.39, 0.29) is 11.8 Å².